The molecular formula is C26H27ClN4O3. The number of hydrogen-bond donors (Lipinski definition) is 1. The zero-order chi connectivity index (χ0) is 24.8. The molecular weight excluding hydrogens is 452 g/mol. The fourth-order valence-corrected chi connectivity index (χ4v) is 4.18. The van der Waals surface area contributed by atoms with Crippen molar-refractivity contribution in [3.63, 3.8) is 0 Å². The number of hydrogen-bond acceptors (Lipinski definition) is 4. The van der Waals surface area contributed by atoms with Crippen molar-refractivity contribution in [3.8, 4) is 6.07 Å². The molecule has 0 saturated heterocycles. The molecule has 1 unspecified atom stereocenters. The lowest BCUT2D eigenvalue weighted by atomic mass is 10.1. The number of pyridine rings is 1. The first-order valence-electron chi connectivity index (χ1n) is 10.8. The Morgan fingerprint density at radius 2 is 2.00 bits per heavy atom. The molecule has 3 aromatic rings. The van der Waals surface area contributed by atoms with Crippen molar-refractivity contribution >= 4 is 29.3 Å². The summed E-state index contributed by atoms with van der Waals surface area (Å²) in [5, 5.41) is 12.9. The highest BCUT2D eigenvalue weighted by Crippen LogP contribution is 2.23. The number of aryl methyl sites for hydroxylation is 1. The number of anilines is 1. The summed E-state index contributed by atoms with van der Waals surface area (Å²) < 4.78 is 8.84. The van der Waals surface area contributed by atoms with Gasteiger partial charge in [0.25, 0.3) is 11.5 Å². The molecule has 1 atom stereocenters. The third-order valence-corrected chi connectivity index (χ3v) is 5.95. The van der Waals surface area contributed by atoms with E-state index in [4.69, 9.17) is 16.3 Å². The van der Waals surface area contributed by atoms with Crippen molar-refractivity contribution in [2.75, 3.05) is 19.0 Å². The van der Waals surface area contributed by atoms with Crippen LogP contribution in [0.4, 0.5) is 5.69 Å². The number of aromatic nitrogens is 2. The van der Waals surface area contributed by atoms with Gasteiger partial charge in [-0.3, -0.25) is 9.59 Å². The lowest BCUT2D eigenvalue weighted by molar-refractivity contribution is -0.112. The second kappa shape index (κ2) is 11.0. The number of carbonyl (C=O) groups is 1. The minimum Gasteiger partial charge on any atom is -0.383 e. The molecule has 34 heavy (non-hydrogen) atoms. The van der Waals surface area contributed by atoms with E-state index in [0.717, 1.165) is 22.5 Å². The minimum atomic E-state index is -0.555. The van der Waals surface area contributed by atoms with Crippen molar-refractivity contribution in [2.45, 2.75) is 33.4 Å². The number of rotatable bonds is 8. The van der Waals surface area contributed by atoms with Gasteiger partial charge in [-0.15, -0.1) is 0 Å². The second-order valence-electron chi connectivity index (χ2n) is 8.10. The number of amides is 1. The smallest absolute Gasteiger partial charge is 0.266 e. The Balaban J connectivity index is 1.84. The van der Waals surface area contributed by atoms with Crippen molar-refractivity contribution in [3.05, 3.63) is 92.1 Å². The standard InChI is InChI=1S/C26H27ClN4O3/c1-17-11-21(19(3)31(17)18(2)16-34-4)12-22(13-28)26(33)29-23-9-10-25(32)30(15-23)14-20-7-5-6-8-24(20)27/h5-12,15,18H,14,16H2,1-4H3,(H,29,33)/b22-12-. The SMILES string of the molecule is COCC(C)n1c(C)cc(/C=C(/C#N)C(=O)Nc2ccc(=O)n(Cc3ccccc3Cl)c2)c1C. The molecule has 0 saturated carbocycles. The number of nitrogens with zero attached hydrogens (tertiary/aromatic N) is 3. The summed E-state index contributed by atoms with van der Waals surface area (Å²) in [4.78, 5) is 25.2. The Morgan fingerprint density at radius 1 is 1.26 bits per heavy atom. The molecule has 176 valence electrons. The number of ether oxygens (including phenoxy) is 1. The first-order chi connectivity index (χ1) is 16.2. The van der Waals surface area contributed by atoms with E-state index in [1.165, 1.54) is 22.9 Å². The summed E-state index contributed by atoms with van der Waals surface area (Å²) in [5.74, 6) is -0.555. The first-order valence-corrected chi connectivity index (χ1v) is 11.2. The number of halogens is 1. The summed E-state index contributed by atoms with van der Waals surface area (Å²) in [6, 6.07) is 14.2. The van der Waals surface area contributed by atoms with Gasteiger partial charge in [0.1, 0.15) is 11.6 Å². The molecule has 3 rings (SSSR count). The molecule has 0 bridgehead atoms. The van der Waals surface area contributed by atoms with Crippen LogP contribution in [0.25, 0.3) is 6.08 Å². The van der Waals surface area contributed by atoms with Crippen LogP contribution < -0.4 is 10.9 Å². The van der Waals surface area contributed by atoms with Crippen LogP contribution in [0.1, 0.15) is 35.5 Å². The maximum atomic E-state index is 12.9. The summed E-state index contributed by atoms with van der Waals surface area (Å²) in [6.45, 7) is 6.78. The van der Waals surface area contributed by atoms with E-state index in [-0.39, 0.29) is 23.7 Å². The molecule has 8 heteroatoms. The number of nitriles is 1. The Morgan fingerprint density at radius 3 is 2.68 bits per heavy atom. The van der Waals surface area contributed by atoms with Gasteiger partial charge in [-0.05, 0) is 56.2 Å². The molecule has 1 aromatic carbocycles. The Labute approximate surface area is 203 Å². The average Bonchev–Trinajstić information content (AvgIpc) is 3.08. The van der Waals surface area contributed by atoms with E-state index >= 15 is 0 Å². The normalized spacial score (nSPS) is 12.3. The topological polar surface area (TPSA) is 89.1 Å². The molecule has 0 aliphatic heterocycles. The molecule has 0 spiro atoms. The van der Waals surface area contributed by atoms with Gasteiger partial charge in [0, 0.05) is 35.8 Å². The second-order valence-corrected chi connectivity index (χ2v) is 8.51. The van der Waals surface area contributed by atoms with Crippen molar-refractivity contribution in [1.29, 1.82) is 5.26 Å². The molecule has 2 heterocycles. The molecule has 0 radical (unpaired) electrons. The van der Waals surface area contributed by atoms with E-state index in [0.29, 0.717) is 17.3 Å². The zero-order valence-electron chi connectivity index (χ0n) is 19.6. The van der Waals surface area contributed by atoms with Crippen LogP contribution in [0.3, 0.4) is 0 Å². The molecule has 1 N–H and O–H groups in total. The predicted octanol–water partition coefficient (Wildman–Crippen LogP) is 4.72. The van der Waals surface area contributed by atoms with E-state index in [2.05, 4.69) is 9.88 Å². The molecule has 1 amide bonds. The van der Waals surface area contributed by atoms with Crippen LogP contribution in [0.2, 0.25) is 5.02 Å². The van der Waals surface area contributed by atoms with Gasteiger partial charge in [0.05, 0.1) is 24.9 Å². The maximum absolute atomic E-state index is 12.9. The Kier molecular flexibility index (Phi) is 8.11. The fourth-order valence-electron chi connectivity index (χ4n) is 3.98. The highest BCUT2D eigenvalue weighted by Gasteiger charge is 2.16. The number of methoxy groups -OCH3 is 1. The monoisotopic (exact) mass is 478 g/mol. The Hall–Kier alpha value is -3.60. The lowest BCUT2D eigenvalue weighted by Crippen LogP contribution is -2.21. The molecule has 2 aromatic heterocycles. The summed E-state index contributed by atoms with van der Waals surface area (Å²) in [6.07, 6.45) is 3.12. The van der Waals surface area contributed by atoms with E-state index in [1.807, 2.05) is 51.1 Å². The van der Waals surface area contributed by atoms with Crippen molar-refractivity contribution < 1.29 is 9.53 Å². The van der Waals surface area contributed by atoms with Gasteiger partial charge in [-0.2, -0.15) is 5.26 Å². The van der Waals surface area contributed by atoms with Gasteiger partial charge in [-0.25, -0.2) is 0 Å². The molecule has 7 nitrogen and oxygen atoms in total. The number of nitrogens with one attached hydrogen (secondary N) is 1. The van der Waals surface area contributed by atoms with Gasteiger partial charge >= 0.3 is 0 Å². The van der Waals surface area contributed by atoms with Crippen molar-refractivity contribution in [1.82, 2.24) is 9.13 Å². The van der Waals surface area contributed by atoms with Gasteiger partial charge in [0.15, 0.2) is 0 Å². The first kappa shape index (κ1) is 25.0. The van der Waals surface area contributed by atoms with Crippen LogP contribution in [-0.4, -0.2) is 28.8 Å². The van der Waals surface area contributed by atoms with Gasteiger partial charge in [0.2, 0.25) is 0 Å². The fraction of sp³-hybridized carbons (Fsp3) is 0.269. The number of benzene rings is 1. The Bertz CT molecular complexity index is 1330. The third kappa shape index (κ3) is 5.66. The van der Waals surface area contributed by atoms with Crippen molar-refractivity contribution in [2.24, 2.45) is 0 Å². The summed E-state index contributed by atoms with van der Waals surface area (Å²) >= 11 is 6.21. The number of carbonyl (C=O) groups excluding carboxylic acids is 1. The minimum absolute atomic E-state index is 0.0384. The van der Waals surface area contributed by atoms with Crippen LogP contribution in [0.15, 0.2) is 59.0 Å². The summed E-state index contributed by atoms with van der Waals surface area (Å²) in [7, 11) is 1.65. The maximum Gasteiger partial charge on any atom is 0.266 e. The lowest BCUT2D eigenvalue weighted by Gasteiger charge is -2.17. The van der Waals surface area contributed by atoms with Gasteiger partial charge in [-0.1, -0.05) is 29.8 Å². The quantitative estimate of drug-likeness (QED) is 0.374. The largest absolute Gasteiger partial charge is 0.383 e. The molecule has 0 fully saturated rings. The predicted molar refractivity (Wildman–Crippen MR) is 134 cm³/mol. The van der Waals surface area contributed by atoms with E-state index in [1.54, 1.807) is 19.3 Å². The van der Waals surface area contributed by atoms with Crippen LogP contribution in [0, 0.1) is 25.2 Å². The highest BCUT2D eigenvalue weighted by molar-refractivity contribution is 6.31. The molecule has 0 aliphatic carbocycles. The van der Waals surface area contributed by atoms with Crippen LogP contribution >= 0.6 is 11.6 Å². The average molecular weight is 479 g/mol. The zero-order valence-corrected chi connectivity index (χ0v) is 20.4. The highest BCUT2D eigenvalue weighted by atomic mass is 35.5. The van der Waals surface area contributed by atoms with Crippen LogP contribution in [-0.2, 0) is 16.1 Å². The molecule has 0 aliphatic rings. The van der Waals surface area contributed by atoms with Crippen LogP contribution in [0.5, 0.6) is 0 Å². The van der Waals surface area contributed by atoms with Gasteiger partial charge < -0.3 is 19.2 Å². The summed E-state index contributed by atoms with van der Waals surface area (Å²) in [5.41, 5.74) is 3.65. The van der Waals surface area contributed by atoms with E-state index in [9.17, 15) is 14.9 Å². The third-order valence-electron chi connectivity index (χ3n) is 5.58. The van der Waals surface area contributed by atoms with E-state index < -0.39 is 5.91 Å².